The molecule has 2 aliphatic heterocycles. The molecule has 0 unspecified atom stereocenters. The van der Waals surface area contributed by atoms with Crippen molar-refractivity contribution in [1.29, 1.82) is 0 Å². The minimum Gasteiger partial charge on any atom is -0.444 e. The third-order valence-corrected chi connectivity index (χ3v) is 4.00. The van der Waals surface area contributed by atoms with Gasteiger partial charge in [-0.25, -0.2) is 0 Å². The van der Waals surface area contributed by atoms with Gasteiger partial charge in [-0.05, 0) is 41.9 Å². The number of amides is 1. The number of carbonyl (C=O) groups excluding carboxylic acids is 1. The van der Waals surface area contributed by atoms with Gasteiger partial charge < -0.3 is 18.8 Å². The lowest BCUT2D eigenvalue weighted by Crippen LogP contribution is -2.65. The normalized spacial score (nSPS) is 24.3. The number of hydrogen-bond donors (Lipinski definition) is 0. The minimum atomic E-state index is -0.512. The van der Waals surface area contributed by atoms with E-state index in [0.29, 0.717) is 36.7 Å². The lowest BCUT2D eigenvalue weighted by atomic mass is 9.80. The Labute approximate surface area is 120 Å². The summed E-state index contributed by atoms with van der Waals surface area (Å²) in [5.41, 5.74) is -0.0466. The second-order valence-corrected chi connectivity index (χ2v) is 6.52. The Morgan fingerprint density at radius 2 is 1.89 bits per heavy atom. The molecule has 0 radical (unpaired) electrons. The molecule has 6 heteroatoms. The lowest BCUT2D eigenvalue weighted by molar-refractivity contribution is -0.301. The maximum Gasteiger partial charge on any atom is 0.289 e. The number of nitrogens with zero attached hydrogens (tertiary/aromatic N) is 1. The molecule has 0 aliphatic carbocycles. The van der Waals surface area contributed by atoms with E-state index in [9.17, 15) is 4.79 Å². The SMILES string of the molecule is CC1(C)OCC2(CO1)CN(C(=O)c1ccc(Br)o1)C2. The highest BCUT2D eigenvalue weighted by Crippen LogP contribution is 2.38. The van der Waals surface area contributed by atoms with Crippen molar-refractivity contribution in [2.75, 3.05) is 26.3 Å². The summed E-state index contributed by atoms with van der Waals surface area (Å²) in [5, 5.41) is 0. The minimum absolute atomic E-state index is 0.0466. The van der Waals surface area contributed by atoms with Gasteiger partial charge in [0, 0.05) is 13.1 Å². The summed E-state index contributed by atoms with van der Waals surface area (Å²) < 4.78 is 17.2. The van der Waals surface area contributed by atoms with Gasteiger partial charge in [0.05, 0.1) is 18.6 Å². The fourth-order valence-corrected chi connectivity index (χ4v) is 2.72. The van der Waals surface area contributed by atoms with Gasteiger partial charge in [-0.15, -0.1) is 0 Å². The Morgan fingerprint density at radius 3 is 2.42 bits per heavy atom. The summed E-state index contributed by atoms with van der Waals surface area (Å²) in [6.07, 6.45) is 0. The molecule has 2 aliphatic rings. The molecule has 0 saturated carbocycles. The molecule has 1 amide bonds. The van der Waals surface area contributed by atoms with E-state index in [2.05, 4.69) is 15.9 Å². The highest BCUT2D eigenvalue weighted by molar-refractivity contribution is 9.10. The van der Waals surface area contributed by atoms with Crippen molar-refractivity contribution in [3.05, 3.63) is 22.6 Å². The molecule has 0 bridgehead atoms. The zero-order valence-corrected chi connectivity index (χ0v) is 12.5. The maximum absolute atomic E-state index is 12.1. The smallest absolute Gasteiger partial charge is 0.289 e. The van der Waals surface area contributed by atoms with Crippen LogP contribution >= 0.6 is 15.9 Å². The van der Waals surface area contributed by atoms with E-state index in [1.165, 1.54) is 0 Å². The molecule has 104 valence electrons. The largest absolute Gasteiger partial charge is 0.444 e. The molecule has 0 N–H and O–H groups in total. The molecule has 1 spiro atoms. The first-order chi connectivity index (χ1) is 8.89. The van der Waals surface area contributed by atoms with Crippen LogP contribution in [0.15, 0.2) is 21.2 Å². The molecule has 2 fully saturated rings. The molecule has 3 rings (SSSR count). The summed E-state index contributed by atoms with van der Waals surface area (Å²) in [7, 11) is 0. The summed E-state index contributed by atoms with van der Waals surface area (Å²) in [6, 6.07) is 3.40. The average molecular weight is 330 g/mol. The monoisotopic (exact) mass is 329 g/mol. The van der Waals surface area contributed by atoms with Crippen molar-refractivity contribution in [2.45, 2.75) is 19.6 Å². The van der Waals surface area contributed by atoms with Crippen LogP contribution in [0.2, 0.25) is 0 Å². The number of hydrogen-bond acceptors (Lipinski definition) is 4. The van der Waals surface area contributed by atoms with Crippen LogP contribution in [0, 0.1) is 5.41 Å². The maximum atomic E-state index is 12.1. The highest BCUT2D eigenvalue weighted by Gasteiger charge is 2.50. The molecule has 19 heavy (non-hydrogen) atoms. The predicted octanol–water partition coefficient (Wildman–Crippen LogP) is 2.27. The predicted molar refractivity (Wildman–Crippen MR) is 70.7 cm³/mol. The number of ether oxygens (including phenoxy) is 2. The van der Waals surface area contributed by atoms with Gasteiger partial charge in [0.1, 0.15) is 0 Å². The third kappa shape index (κ3) is 2.44. The first kappa shape index (κ1) is 13.1. The first-order valence-electron chi connectivity index (χ1n) is 6.22. The van der Waals surface area contributed by atoms with Crippen LogP contribution in [0.1, 0.15) is 24.4 Å². The van der Waals surface area contributed by atoms with Crippen LogP contribution < -0.4 is 0 Å². The number of halogens is 1. The van der Waals surface area contributed by atoms with Gasteiger partial charge >= 0.3 is 0 Å². The second kappa shape index (κ2) is 4.33. The van der Waals surface area contributed by atoms with Crippen molar-refractivity contribution in [3.63, 3.8) is 0 Å². The van der Waals surface area contributed by atoms with Crippen molar-refractivity contribution >= 4 is 21.8 Å². The van der Waals surface area contributed by atoms with E-state index in [0.717, 1.165) is 0 Å². The van der Waals surface area contributed by atoms with Crippen LogP contribution in [-0.2, 0) is 9.47 Å². The Morgan fingerprint density at radius 1 is 1.26 bits per heavy atom. The van der Waals surface area contributed by atoms with Crippen LogP contribution in [0.25, 0.3) is 0 Å². The Bertz CT molecular complexity index is 492. The van der Waals surface area contributed by atoms with Crippen LogP contribution in [0.3, 0.4) is 0 Å². The van der Waals surface area contributed by atoms with Gasteiger partial charge in [-0.1, -0.05) is 0 Å². The van der Waals surface area contributed by atoms with E-state index >= 15 is 0 Å². The van der Waals surface area contributed by atoms with Gasteiger partial charge in [0.25, 0.3) is 5.91 Å². The van der Waals surface area contributed by atoms with E-state index in [1.807, 2.05) is 13.8 Å². The highest BCUT2D eigenvalue weighted by atomic mass is 79.9. The van der Waals surface area contributed by atoms with E-state index in [4.69, 9.17) is 13.9 Å². The van der Waals surface area contributed by atoms with Gasteiger partial charge in [0.15, 0.2) is 16.2 Å². The molecule has 1 aromatic rings. The number of furan rings is 1. The number of carbonyl (C=O) groups is 1. The average Bonchev–Trinajstić information content (AvgIpc) is 2.73. The third-order valence-electron chi connectivity index (χ3n) is 3.58. The fraction of sp³-hybridized carbons (Fsp3) is 0.615. The fourth-order valence-electron chi connectivity index (χ4n) is 2.41. The van der Waals surface area contributed by atoms with Crippen molar-refractivity contribution in [2.24, 2.45) is 5.41 Å². The molecule has 3 heterocycles. The van der Waals surface area contributed by atoms with E-state index in [-0.39, 0.29) is 11.3 Å². The Balaban J connectivity index is 1.60. The second-order valence-electron chi connectivity index (χ2n) is 5.74. The Hall–Kier alpha value is -0.850. The van der Waals surface area contributed by atoms with E-state index in [1.54, 1.807) is 17.0 Å². The Kier molecular flexibility index (Phi) is 2.99. The van der Waals surface area contributed by atoms with Gasteiger partial charge in [-0.3, -0.25) is 4.79 Å². The van der Waals surface area contributed by atoms with Gasteiger partial charge in [-0.2, -0.15) is 0 Å². The van der Waals surface area contributed by atoms with Crippen molar-refractivity contribution in [1.82, 2.24) is 4.90 Å². The zero-order chi connectivity index (χ0) is 13.7. The summed E-state index contributed by atoms with van der Waals surface area (Å²) in [5.74, 6) is -0.234. The van der Waals surface area contributed by atoms with Gasteiger partial charge in [0.2, 0.25) is 0 Å². The summed E-state index contributed by atoms with van der Waals surface area (Å²) in [6.45, 7) is 6.38. The molecule has 2 saturated heterocycles. The number of rotatable bonds is 1. The summed E-state index contributed by atoms with van der Waals surface area (Å²) in [4.78, 5) is 13.9. The van der Waals surface area contributed by atoms with Crippen molar-refractivity contribution < 1.29 is 18.7 Å². The number of likely N-dealkylation sites (tertiary alicyclic amines) is 1. The topological polar surface area (TPSA) is 51.9 Å². The standard InChI is InChI=1S/C13H16BrNO4/c1-12(2)17-7-13(8-18-12)5-15(6-13)11(16)9-3-4-10(14)19-9/h3-4H,5-8H2,1-2H3. The molecule has 1 aromatic heterocycles. The zero-order valence-electron chi connectivity index (χ0n) is 10.9. The lowest BCUT2D eigenvalue weighted by Gasteiger charge is -2.53. The van der Waals surface area contributed by atoms with Crippen LogP contribution in [0.4, 0.5) is 0 Å². The molecule has 5 nitrogen and oxygen atoms in total. The molecule has 0 aromatic carbocycles. The first-order valence-corrected chi connectivity index (χ1v) is 7.01. The molecular weight excluding hydrogens is 314 g/mol. The van der Waals surface area contributed by atoms with Crippen LogP contribution in [0.5, 0.6) is 0 Å². The van der Waals surface area contributed by atoms with Crippen LogP contribution in [-0.4, -0.2) is 42.9 Å². The summed E-state index contributed by atoms with van der Waals surface area (Å²) >= 11 is 3.19. The molecular formula is C13H16BrNO4. The van der Waals surface area contributed by atoms with E-state index < -0.39 is 5.79 Å². The van der Waals surface area contributed by atoms with Crippen molar-refractivity contribution in [3.8, 4) is 0 Å². The quantitative estimate of drug-likeness (QED) is 0.793. The molecule has 0 atom stereocenters.